The second kappa shape index (κ2) is 6.72. The van der Waals surface area contributed by atoms with Crippen molar-refractivity contribution in [2.24, 2.45) is 5.92 Å². The fourth-order valence-electron chi connectivity index (χ4n) is 2.51. The third-order valence-corrected chi connectivity index (χ3v) is 4.59. The number of allylic oxidation sites excluding steroid dienone is 2. The summed E-state index contributed by atoms with van der Waals surface area (Å²) in [6.45, 7) is 1.34. The van der Waals surface area contributed by atoms with Crippen molar-refractivity contribution in [3.63, 3.8) is 0 Å². The largest absolute Gasteiger partial charge is 0.354 e. The van der Waals surface area contributed by atoms with Gasteiger partial charge >= 0.3 is 0 Å². The number of nitrogens with zero attached hydrogens (tertiary/aromatic N) is 2. The van der Waals surface area contributed by atoms with E-state index in [4.69, 9.17) is 0 Å². The molecule has 0 radical (unpaired) electrons. The Morgan fingerprint density at radius 3 is 3.14 bits per heavy atom. The highest BCUT2D eigenvalue weighted by molar-refractivity contribution is 7.13. The maximum Gasteiger partial charge on any atom is 0.223 e. The molecule has 0 aromatic carbocycles. The molecule has 1 aliphatic rings. The van der Waals surface area contributed by atoms with Gasteiger partial charge in [-0.15, -0.1) is 11.3 Å². The highest BCUT2D eigenvalue weighted by Crippen LogP contribution is 2.22. The third-order valence-electron chi connectivity index (χ3n) is 3.69. The lowest BCUT2D eigenvalue weighted by molar-refractivity contribution is -0.125. The highest BCUT2D eigenvalue weighted by atomic mass is 32.1. The molecule has 0 bridgehead atoms. The Kier molecular flexibility index (Phi) is 4.50. The molecule has 1 aliphatic carbocycles. The Labute approximate surface area is 128 Å². The van der Waals surface area contributed by atoms with Crippen LogP contribution in [0, 0.1) is 5.92 Å². The van der Waals surface area contributed by atoms with E-state index in [9.17, 15) is 4.79 Å². The number of carbonyl (C=O) groups excluding carboxylic acids is 1. The summed E-state index contributed by atoms with van der Waals surface area (Å²) in [5, 5.41) is 9.59. The van der Waals surface area contributed by atoms with Crippen LogP contribution in [0.4, 0.5) is 0 Å². The van der Waals surface area contributed by atoms with Crippen molar-refractivity contribution >= 4 is 17.2 Å². The minimum atomic E-state index is 0.148. The predicted octanol–water partition coefficient (Wildman–Crippen LogP) is 3.08. The number of thiophene rings is 1. The maximum absolute atomic E-state index is 12.0. The van der Waals surface area contributed by atoms with Crippen LogP contribution in [0.3, 0.4) is 0 Å². The van der Waals surface area contributed by atoms with Gasteiger partial charge in [-0.2, -0.15) is 5.10 Å². The Bertz CT molecular complexity index is 615. The molecule has 110 valence electrons. The molecule has 1 N–H and O–H groups in total. The number of hydrogen-bond acceptors (Lipinski definition) is 3. The average Bonchev–Trinajstić information content (AvgIpc) is 3.19. The van der Waals surface area contributed by atoms with Crippen molar-refractivity contribution < 1.29 is 4.79 Å². The van der Waals surface area contributed by atoms with Crippen molar-refractivity contribution in [1.29, 1.82) is 0 Å². The smallest absolute Gasteiger partial charge is 0.223 e. The SMILES string of the molecule is O=C(NCCn1ccc(-c2cccs2)n1)[C@@H]1CC=CCC1. The van der Waals surface area contributed by atoms with E-state index < -0.39 is 0 Å². The van der Waals surface area contributed by atoms with Gasteiger partial charge in [0, 0.05) is 18.7 Å². The fraction of sp³-hybridized carbons (Fsp3) is 0.375. The summed E-state index contributed by atoms with van der Waals surface area (Å²) < 4.78 is 1.89. The number of aromatic nitrogens is 2. The van der Waals surface area contributed by atoms with Crippen molar-refractivity contribution in [2.45, 2.75) is 25.8 Å². The van der Waals surface area contributed by atoms with Crippen molar-refractivity contribution in [3.8, 4) is 10.6 Å². The summed E-state index contributed by atoms with van der Waals surface area (Å²) in [6, 6.07) is 6.10. The van der Waals surface area contributed by atoms with E-state index in [1.807, 2.05) is 28.4 Å². The molecule has 1 amide bonds. The van der Waals surface area contributed by atoms with Crippen molar-refractivity contribution in [2.75, 3.05) is 6.54 Å². The number of amides is 1. The van der Waals surface area contributed by atoms with Gasteiger partial charge in [-0.25, -0.2) is 0 Å². The molecule has 21 heavy (non-hydrogen) atoms. The second-order valence-corrected chi connectivity index (χ2v) is 6.16. The van der Waals surface area contributed by atoms with Crippen LogP contribution in [-0.4, -0.2) is 22.2 Å². The van der Waals surface area contributed by atoms with Crippen LogP contribution in [0.5, 0.6) is 0 Å². The highest BCUT2D eigenvalue weighted by Gasteiger charge is 2.17. The summed E-state index contributed by atoms with van der Waals surface area (Å²) in [5.74, 6) is 0.319. The molecule has 0 saturated heterocycles. The molecule has 4 nitrogen and oxygen atoms in total. The van der Waals surface area contributed by atoms with E-state index in [1.165, 1.54) is 4.88 Å². The van der Waals surface area contributed by atoms with E-state index in [0.29, 0.717) is 13.1 Å². The zero-order valence-electron chi connectivity index (χ0n) is 11.9. The molecule has 2 heterocycles. The van der Waals surface area contributed by atoms with E-state index in [-0.39, 0.29) is 11.8 Å². The summed E-state index contributed by atoms with van der Waals surface area (Å²) >= 11 is 1.68. The normalized spacial score (nSPS) is 17.8. The monoisotopic (exact) mass is 301 g/mol. The quantitative estimate of drug-likeness (QED) is 0.863. The molecule has 0 saturated carbocycles. The molecule has 0 unspecified atom stereocenters. The molecule has 0 spiro atoms. The molecule has 5 heteroatoms. The van der Waals surface area contributed by atoms with Crippen LogP contribution < -0.4 is 5.32 Å². The Morgan fingerprint density at radius 1 is 1.43 bits per heavy atom. The van der Waals surface area contributed by atoms with E-state index >= 15 is 0 Å². The van der Waals surface area contributed by atoms with Gasteiger partial charge in [0.2, 0.25) is 5.91 Å². The molecule has 2 aromatic rings. The number of carbonyl (C=O) groups is 1. The van der Waals surface area contributed by atoms with Gasteiger partial charge < -0.3 is 5.32 Å². The van der Waals surface area contributed by atoms with Gasteiger partial charge in [0.05, 0.1) is 11.4 Å². The minimum Gasteiger partial charge on any atom is -0.354 e. The number of hydrogen-bond donors (Lipinski definition) is 1. The summed E-state index contributed by atoms with van der Waals surface area (Å²) in [6.07, 6.45) is 9.07. The lowest BCUT2D eigenvalue weighted by Crippen LogP contribution is -2.33. The first-order valence-electron chi connectivity index (χ1n) is 7.33. The van der Waals surface area contributed by atoms with Gasteiger partial charge in [-0.05, 0) is 36.8 Å². The molecule has 2 aromatic heterocycles. The van der Waals surface area contributed by atoms with Crippen LogP contribution >= 0.6 is 11.3 Å². The summed E-state index contributed by atoms with van der Waals surface area (Å²) in [4.78, 5) is 13.2. The summed E-state index contributed by atoms with van der Waals surface area (Å²) in [7, 11) is 0. The Hall–Kier alpha value is -1.88. The molecular formula is C16H19N3OS. The average molecular weight is 301 g/mol. The Balaban J connectivity index is 1.47. The van der Waals surface area contributed by atoms with Crippen LogP contribution in [0.1, 0.15) is 19.3 Å². The molecule has 0 aliphatic heterocycles. The maximum atomic E-state index is 12.0. The van der Waals surface area contributed by atoms with Crippen LogP contribution in [0.25, 0.3) is 10.6 Å². The topological polar surface area (TPSA) is 46.9 Å². The molecule has 3 rings (SSSR count). The standard InChI is InChI=1S/C16H19N3OS/c20-16(13-5-2-1-3-6-13)17-9-11-19-10-8-14(18-19)15-7-4-12-21-15/h1-2,4,7-8,10,12-13H,3,5-6,9,11H2,(H,17,20)/t13-/m1/s1. The van der Waals surface area contributed by atoms with Gasteiger partial charge in [-0.1, -0.05) is 18.2 Å². The third kappa shape index (κ3) is 3.61. The first kappa shape index (κ1) is 14.1. The zero-order chi connectivity index (χ0) is 14.5. The predicted molar refractivity (Wildman–Crippen MR) is 85.0 cm³/mol. The minimum absolute atomic E-state index is 0.148. The van der Waals surface area contributed by atoms with E-state index in [0.717, 1.165) is 25.0 Å². The second-order valence-electron chi connectivity index (χ2n) is 5.21. The van der Waals surface area contributed by atoms with Gasteiger partial charge in [0.15, 0.2) is 0 Å². The zero-order valence-corrected chi connectivity index (χ0v) is 12.7. The number of nitrogens with one attached hydrogen (secondary N) is 1. The van der Waals surface area contributed by atoms with Gasteiger partial charge in [-0.3, -0.25) is 9.48 Å². The van der Waals surface area contributed by atoms with Gasteiger partial charge in [0.25, 0.3) is 0 Å². The Morgan fingerprint density at radius 2 is 2.38 bits per heavy atom. The molecule has 1 atom stereocenters. The van der Waals surface area contributed by atoms with E-state index in [2.05, 4.69) is 28.6 Å². The van der Waals surface area contributed by atoms with Gasteiger partial charge in [0.1, 0.15) is 5.69 Å². The van der Waals surface area contributed by atoms with Crippen molar-refractivity contribution in [3.05, 3.63) is 41.9 Å². The molecule has 0 fully saturated rings. The first-order chi connectivity index (χ1) is 10.3. The number of rotatable bonds is 5. The fourth-order valence-corrected chi connectivity index (χ4v) is 3.20. The van der Waals surface area contributed by atoms with E-state index in [1.54, 1.807) is 11.3 Å². The van der Waals surface area contributed by atoms with Crippen LogP contribution in [0.15, 0.2) is 41.9 Å². The van der Waals surface area contributed by atoms with Crippen LogP contribution in [0.2, 0.25) is 0 Å². The lowest BCUT2D eigenvalue weighted by Gasteiger charge is -2.17. The summed E-state index contributed by atoms with van der Waals surface area (Å²) in [5.41, 5.74) is 0.994. The van der Waals surface area contributed by atoms with Crippen LogP contribution in [-0.2, 0) is 11.3 Å². The van der Waals surface area contributed by atoms with Crippen molar-refractivity contribution in [1.82, 2.24) is 15.1 Å². The first-order valence-corrected chi connectivity index (χ1v) is 8.21. The lowest BCUT2D eigenvalue weighted by atomic mass is 9.94. The molecular weight excluding hydrogens is 282 g/mol.